The van der Waals surface area contributed by atoms with Crippen LogP contribution in [0, 0.1) is 11.3 Å². The third-order valence-electron chi connectivity index (χ3n) is 4.22. The molecule has 0 radical (unpaired) electrons. The Morgan fingerprint density at radius 2 is 2.06 bits per heavy atom. The van der Waals surface area contributed by atoms with E-state index in [1.807, 2.05) is 0 Å². The van der Waals surface area contributed by atoms with Gasteiger partial charge in [0, 0.05) is 13.1 Å². The molecule has 2 heteroatoms. The molecule has 0 aromatic carbocycles. The number of piperidine rings is 1. The lowest BCUT2D eigenvalue weighted by Crippen LogP contribution is -2.39. The fourth-order valence-electron chi connectivity index (χ4n) is 3.00. The average molecular weight is 254 g/mol. The van der Waals surface area contributed by atoms with Gasteiger partial charge in [-0.3, -0.25) is 0 Å². The highest BCUT2D eigenvalue weighted by Gasteiger charge is 2.20. The predicted octanol–water partition coefficient (Wildman–Crippen LogP) is 3.52. The Kier molecular flexibility index (Phi) is 7.25. The summed E-state index contributed by atoms with van der Waals surface area (Å²) in [6, 6.07) is 0. The van der Waals surface area contributed by atoms with E-state index in [1.54, 1.807) is 0 Å². The Morgan fingerprint density at radius 1 is 1.28 bits per heavy atom. The minimum Gasteiger partial charge on any atom is -0.316 e. The maximum atomic E-state index is 3.72. The lowest BCUT2D eigenvalue weighted by atomic mass is 9.86. The van der Waals surface area contributed by atoms with Gasteiger partial charge in [0.2, 0.25) is 0 Å². The third-order valence-corrected chi connectivity index (χ3v) is 4.22. The number of likely N-dealkylation sites (tertiary alicyclic amines) is 1. The van der Waals surface area contributed by atoms with E-state index in [0.717, 1.165) is 5.92 Å². The molecule has 2 nitrogen and oxygen atoms in total. The van der Waals surface area contributed by atoms with Crippen LogP contribution >= 0.6 is 0 Å². The summed E-state index contributed by atoms with van der Waals surface area (Å²) >= 11 is 0. The zero-order valence-corrected chi connectivity index (χ0v) is 13.1. The van der Waals surface area contributed by atoms with E-state index in [-0.39, 0.29) is 0 Å². The summed E-state index contributed by atoms with van der Waals surface area (Å²) in [5.41, 5.74) is 0.468. The van der Waals surface area contributed by atoms with E-state index in [9.17, 15) is 0 Å². The van der Waals surface area contributed by atoms with Crippen molar-refractivity contribution in [2.75, 3.05) is 33.2 Å². The van der Waals surface area contributed by atoms with Gasteiger partial charge in [-0.05, 0) is 50.7 Å². The van der Waals surface area contributed by atoms with Gasteiger partial charge in [0.05, 0.1) is 0 Å². The molecule has 1 fully saturated rings. The van der Waals surface area contributed by atoms with Gasteiger partial charge in [0.25, 0.3) is 0 Å². The summed E-state index contributed by atoms with van der Waals surface area (Å²) in [7, 11) is 2.25. The summed E-state index contributed by atoms with van der Waals surface area (Å²) < 4.78 is 0. The van der Waals surface area contributed by atoms with Gasteiger partial charge in [0.1, 0.15) is 0 Å². The Bertz CT molecular complexity index is 213. The smallest absolute Gasteiger partial charge is 0.00187 e. The number of nitrogens with zero attached hydrogens (tertiary/aromatic N) is 1. The van der Waals surface area contributed by atoms with Crippen LogP contribution in [-0.4, -0.2) is 38.1 Å². The molecule has 0 amide bonds. The number of unbranched alkanes of at least 4 members (excludes halogenated alkanes) is 2. The first-order valence-electron chi connectivity index (χ1n) is 7.93. The molecule has 1 atom stereocenters. The van der Waals surface area contributed by atoms with Crippen molar-refractivity contribution in [3.8, 4) is 0 Å². The van der Waals surface area contributed by atoms with Crippen LogP contribution in [-0.2, 0) is 0 Å². The fraction of sp³-hybridized carbons (Fsp3) is 1.00. The fourth-order valence-corrected chi connectivity index (χ4v) is 3.00. The maximum absolute atomic E-state index is 3.72. The van der Waals surface area contributed by atoms with Gasteiger partial charge in [-0.15, -0.1) is 0 Å². The second-order valence-corrected chi connectivity index (χ2v) is 7.02. The average Bonchev–Trinajstić information content (AvgIpc) is 2.29. The van der Waals surface area contributed by atoms with Crippen LogP contribution in [0.5, 0.6) is 0 Å². The van der Waals surface area contributed by atoms with Gasteiger partial charge >= 0.3 is 0 Å². The molecule has 1 aliphatic heterocycles. The molecule has 1 aliphatic rings. The minimum atomic E-state index is 0.468. The molecule has 1 N–H and O–H groups in total. The van der Waals surface area contributed by atoms with Gasteiger partial charge in [-0.25, -0.2) is 0 Å². The molecule has 18 heavy (non-hydrogen) atoms. The topological polar surface area (TPSA) is 15.3 Å². The van der Waals surface area contributed by atoms with E-state index in [2.05, 4.69) is 38.0 Å². The second-order valence-electron chi connectivity index (χ2n) is 7.02. The quantitative estimate of drug-likeness (QED) is 0.667. The van der Waals surface area contributed by atoms with Crippen molar-refractivity contribution < 1.29 is 0 Å². The van der Waals surface area contributed by atoms with Gasteiger partial charge < -0.3 is 10.2 Å². The number of rotatable bonds is 8. The van der Waals surface area contributed by atoms with Crippen LogP contribution in [0.25, 0.3) is 0 Å². The maximum Gasteiger partial charge on any atom is 0.00187 e. The van der Waals surface area contributed by atoms with Gasteiger partial charge in [-0.1, -0.05) is 40.0 Å². The van der Waals surface area contributed by atoms with Crippen LogP contribution in [0.2, 0.25) is 0 Å². The van der Waals surface area contributed by atoms with Crippen molar-refractivity contribution >= 4 is 0 Å². The molecule has 0 aromatic rings. The molecule has 108 valence electrons. The molecular weight excluding hydrogens is 220 g/mol. The predicted molar refractivity (Wildman–Crippen MR) is 81.0 cm³/mol. The molecule has 0 aliphatic carbocycles. The Labute approximate surface area is 115 Å². The molecule has 1 heterocycles. The molecule has 1 rings (SSSR count). The first-order chi connectivity index (χ1) is 8.53. The molecule has 0 aromatic heterocycles. The third kappa shape index (κ3) is 6.75. The summed E-state index contributed by atoms with van der Waals surface area (Å²) in [5.74, 6) is 0.871. The first kappa shape index (κ1) is 16.0. The molecule has 1 unspecified atom stereocenters. The zero-order chi connectivity index (χ0) is 13.4. The van der Waals surface area contributed by atoms with Crippen molar-refractivity contribution in [2.24, 2.45) is 11.3 Å². The number of hydrogen-bond donors (Lipinski definition) is 1. The molecule has 0 spiro atoms. The molecular formula is C16H34N2. The SMILES string of the molecule is CCCCCC(C)(C)CNCC1CCCN(C)C1. The Morgan fingerprint density at radius 3 is 2.72 bits per heavy atom. The highest BCUT2D eigenvalue weighted by molar-refractivity contribution is 4.76. The van der Waals surface area contributed by atoms with E-state index in [0.29, 0.717) is 5.41 Å². The zero-order valence-electron chi connectivity index (χ0n) is 13.1. The summed E-state index contributed by atoms with van der Waals surface area (Å²) in [5, 5.41) is 3.72. The Balaban J connectivity index is 2.11. The van der Waals surface area contributed by atoms with Crippen LogP contribution < -0.4 is 5.32 Å². The summed E-state index contributed by atoms with van der Waals surface area (Å²) in [6.07, 6.45) is 8.25. The summed E-state index contributed by atoms with van der Waals surface area (Å²) in [4.78, 5) is 2.47. The van der Waals surface area contributed by atoms with Crippen LogP contribution in [0.1, 0.15) is 59.3 Å². The van der Waals surface area contributed by atoms with E-state index >= 15 is 0 Å². The van der Waals surface area contributed by atoms with Gasteiger partial charge in [-0.2, -0.15) is 0 Å². The molecule has 0 saturated carbocycles. The van der Waals surface area contributed by atoms with Crippen LogP contribution in [0.4, 0.5) is 0 Å². The monoisotopic (exact) mass is 254 g/mol. The van der Waals surface area contributed by atoms with Crippen molar-refractivity contribution in [3.05, 3.63) is 0 Å². The van der Waals surface area contributed by atoms with Gasteiger partial charge in [0.15, 0.2) is 0 Å². The Hall–Kier alpha value is -0.0800. The second kappa shape index (κ2) is 8.16. The first-order valence-corrected chi connectivity index (χ1v) is 7.93. The summed E-state index contributed by atoms with van der Waals surface area (Å²) in [6.45, 7) is 12.1. The highest BCUT2D eigenvalue weighted by atomic mass is 15.1. The van der Waals surface area contributed by atoms with Crippen LogP contribution in [0.3, 0.4) is 0 Å². The standard InChI is InChI=1S/C16H34N2/c1-5-6-7-10-16(2,3)14-17-12-15-9-8-11-18(4)13-15/h15,17H,5-14H2,1-4H3. The van der Waals surface area contributed by atoms with E-state index in [4.69, 9.17) is 0 Å². The molecule has 1 saturated heterocycles. The number of nitrogens with one attached hydrogen (secondary N) is 1. The lowest BCUT2D eigenvalue weighted by molar-refractivity contribution is 0.199. The highest BCUT2D eigenvalue weighted by Crippen LogP contribution is 2.23. The lowest BCUT2D eigenvalue weighted by Gasteiger charge is -2.31. The van der Waals surface area contributed by atoms with Crippen molar-refractivity contribution in [3.63, 3.8) is 0 Å². The largest absolute Gasteiger partial charge is 0.316 e. The van der Waals surface area contributed by atoms with E-state index in [1.165, 1.54) is 64.7 Å². The van der Waals surface area contributed by atoms with Crippen molar-refractivity contribution in [1.82, 2.24) is 10.2 Å². The van der Waals surface area contributed by atoms with Crippen molar-refractivity contribution in [2.45, 2.75) is 59.3 Å². The molecule has 0 bridgehead atoms. The van der Waals surface area contributed by atoms with Crippen LogP contribution in [0.15, 0.2) is 0 Å². The minimum absolute atomic E-state index is 0.468. The number of hydrogen-bond acceptors (Lipinski definition) is 2. The van der Waals surface area contributed by atoms with E-state index < -0.39 is 0 Å². The van der Waals surface area contributed by atoms with Crippen molar-refractivity contribution in [1.29, 1.82) is 0 Å². The normalized spacial score (nSPS) is 22.3.